The smallest absolute Gasteiger partial charge is 0.123 e. The van der Waals surface area contributed by atoms with Crippen molar-refractivity contribution in [1.82, 2.24) is 0 Å². The largest absolute Gasteiger partial charge is 0.489 e. The fourth-order valence-electron chi connectivity index (χ4n) is 0.924. The van der Waals surface area contributed by atoms with Crippen LogP contribution in [0.15, 0.2) is 36.9 Å². The van der Waals surface area contributed by atoms with Gasteiger partial charge in [0.25, 0.3) is 0 Å². The first-order valence-electron chi connectivity index (χ1n) is 3.81. The average Bonchev–Trinajstić information content (AvgIpc) is 2.15. The molecule has 0 aliphatic heterocycles. The Kier molecular flexibility index (Phi) is 3.74. The van der Waals surface area contributed by atoms with Crippen molar-refractivity contribution in [3.05, 3.63) is 42.5 Å². The second kappa shape index (κ2) is 4.88. The van der Waals surface area contributed by atoms with Crippen molar-refractivity contribution in [3.63, 3.8) is 0 Å². The van der Waals surface area contributed by atoms with Crippen LogP contribution in [0.3, 0.4) is 0 Å². The van der Waals surface area contributed by atoms with Crippen LogP contribution in [0, 0.1) is 0 Å². The minimum atomic E-state index is 0.546. The third-order valence-electron chi connectivity index (χ3n) is 1.50. The highest BCUT2D eigenvalue weighted by Crippen LogP contribution is 2.19. The molecule has 1 rings (SSSR count). The van der Waals surface area contributed by atoms with Crippen LogP contribution in [0.4, 0.5) is 0 Å². The zero-order chi connectivity index (χ0) is 8.81. The molecule has 0 saturated heterocycles. The topological polar surface area (TPSA) is 9.23 Å². The first-order chi connectivity index (χ1) is 5.88. The molecule has 0 amide bonds. The lowest BCUT2D eigenvalue weighted by atomic mass is 10.2. The minimum absolute atomic E-state index is 0.546. The Morgan fingerprint density at radius 3 is 2.83 bits per heavy atom. The van der Waals surface area contributed by atoms with E-state index >= 15 is 0 Å². The molecule has 0 N–H and O–H groups in total. The number of thiol groups is 1. The fraction of sp³-hybridized carbons (Fsp3) is 0.200. The third kappa shape index (κ3) is 2.31. The van der Waals surface area contributed by atoms with Gasteiger partial charge < -0.3 is 4.74 Å². The Labute approximate surface area is 78.5 Å². The van der Waals surface area contributed by atoms with Crippen molar-refractivity contribution in [2.75, 3.05) is 6.61 Å². The molecule has 12 heavy (non-hydrogen) atoms. The van der Waals surface area contributed by atoms with Crippen LogP contribution < -0.4 is 4.74 Å². The summed E-state index contributed by atoms with van der Waals surface area (Å²) >= 11 is 4.20. The van der Waals surface area contributed by atoms with Crippen molar-refractivity contribution in [2.24, 2.45) is 0 Å². The van der Waals surface area contributed by atoms with E-state index in [1.165, 1.54) is 0 Å². The molecular weight excluding hydrogens is 168 g/mol. The summed E-state index contributed by atoms with van der Waals surface area (Å²) in [6, 6.07) is 7.87. The Hall–Kier alpha value is -0.890. The van der Waals surface area contributed by atoms with Crippen molar-refractivity contribution in [1.29, 1.82) is 0 Å². The molecule has 0 saturated carbocycles. The molecule has 1 aromatic carbocycles. The third-order valence-corrected chi connectivity index (χ3v) is 1.84. The highest BCUT2D eigenvalue weighted by Gasteiger charge is 1.98. The quantitative estimate of drug-likeness (QED) is 0.553. The second-order valence-corrected chi connectivity index (χ2v) is 2.68. The average molecular weight is 180 g/mol. The van der Waals surface area contributed by atoms with Gasteiger partial charge in [0.2, 0.25) is 0 Å². The molecule has 0 aliphatic carbocycles. The summed E-state index contributed by atoms with van der Waals surface area (Å²) in [7, 11) is 0. The fourth-order valence-corrected chi connectivity index (χ4v) is 1.19. The molecular formula is C10H12OS. The van der Waals surface area contributed by atoms with Crippen molar-refractivity contribution in [3.8, 4) is 5.75 Å². The van der Waals surface area contributed by atoms with Gasteiger partial charge in [-0.15, -0.1) is 0 Å². The van der Waals surface area contributed by atoms with E-state index in [2.05, 4.69) is 19.2 Å². The molecule has 0 radical (unpaired) electrons. The Morgan fingerprint density at radius 1 is 1.42 bits per heavy atom. The second-order valence-electron chi connectivity index (χ2n) is 2.37. The molecule has 0 aromatic heterocycles. The molecule has 0 heterocycles. The summed E-state index contributed by atoms with van der Waals surface area (Å²) in [6.45, 7) is 4.13. The van der Waals surface area contributed by atoms with Gasteiger partial charge in [-0.3, -0.25) is 0 Å². The lowest BCUT2D eigenvalue weighted by Crippen LogP contribution is -1.95. The minimum Gasteiger partial charge on any atom is -0.489 e. The number of benzene rings is 1. The summed E-state index contributed by atoms with van der Waals surface area (Å²) in [5.74, 6) is 1.60. The number of rotatable bonds is 4. The molecule has 64 valence electrons. The highest BCUT2D eigenvalue weighted by atomic mass is 32.1. The predicted molar refractivity (Wildman–Crippen MR) is 54.8 cm³/mol. The van der Waals surface area contributed by atoms with Gasteiger partial charge in [-0.25, -0.2) is 0 Å². The summed E-state index contributed by atoms with van der Waals surface area (Å²) < 4.78 is 5.41. The molecule has 1 aromatic rings. The van der Waals surface area contributed by atoms with Crippen molar-refractivity contribution >= 4 is 12.6 Å². The molecule has 0 bridgehead atoms. The maximum atomic E-state index is 5.41. The van der Waals surface area contributed by atoms with E-state index in [1.807, 2.05) is 24.3 Å². The first kappa shape index (κ1) is 9.20. The lowest BCUT2D eigenvalue weighted by molar-refractivity contribution is 0.360. The van der Waals surface area contributed by atoms with Gasteiger partial charge in [-0.2, -0.15) is 12.6 Å². The Morgan fingerprint density at radius 2 is 2.17 bits per heavy atom. The normalized spacial score (nSPS) is 9.42. The van der Waals surface area contributed by atoms with Gasteiger partial charge in [0.15, 0.2) is 0 Å². The van der Waals surface area contributed by atoms with Crippen LogP contribution in [0.25, 0.3) is 0 Å². The Bertz CT molecular complexity index is 258. The molecule has 0 aliphatic rings. The lowest BCUT2D eigenvalue weighted by Gasteiger charge is -2.06. The van der Waals surface area contributed by atoms with E-state index in [-0.39, 0.29) is 0 Å². The Balaban J connectivity index is 2.74. The van der Waals surface area contributed by atoms with E-state index < -0.39 is 0 Å². The molecule has 0 atom stereocenters. The molecule has 0 fully saturated rings. The maximum absolute atomic E-state index is 5.41. The zero-order valence-electron chi connectivity index (χ0n) is 6.86. The summed E-state index contributed by atoms with van der Waals surface area (Å²) in [5, 5.41) is 0. The molecule has 1 nitrogen and oxygen atoms in total. The van der Waals surface area contributed by atoms with Crippen LogP contribution >= 0.6 is 12.6 Å². The zero-order valence-corrected chi connectivity index (χ0v) is 7.76. The number of hydrogen-bond acceptors (Lipinski definition) is 2. The van der Waals surface area contributed by atoms with E-state index in [1.54, 1.807) is 6.08 Å². The number of ether oxygens (including phenoxy) is 1. The first-order valence-corrected chi connectivity index (χ1v) is 4.44. The SMILES string of the molecule is C=CCOc1ccccc1CS. The standard InChI is InChI=1S/C10H12OS/c1-2-7-11-10-6-4-3-5-9(10)8-12/h2-6,12H,1,7-8H2. The summed E-state index contributed by atoms with van der Waals surface area (Å²) in [4.78, 5) is 0. The van der Waals surface area contributed by atoms with Crippen LogP contribution in [-0.4, -0.2) is 6.61 Å². The highest BCUT2D eigenvalue weighted by molar-refractivity contribution is 7.79. The van der Waals surface area contributed by atoms with E-state index in [4.69, 9.17) is 4.74 Å². The van der Waals surface area contributed by atoms with Gasteiger partial charge in [-0.1, -0.05) is 30.9 Å². The van der Waals surface area contributed by atoms with Crippen molar-refractivity contribution in [2.45, 2.75) is 5.75 Å². The predicted octanol–water partition coefficient (Wildman–Crippen LogP) is 2.68. The van der Waals surface area contributed by atoms with Crippen LogP contribution in [-0.2, 0) is 5.75 Å². The van der Waals surface area contributed by atoms with E-state index in [9.17, 15) is 0 Å². The van der Waals surface area contributed by atoms with Crippen LogP contribution in [0.5, 0.6) is 5.75 Å². The summed E-state index contributed by atoms with van der Waals surface area (Å²) in [6.07, 6.45) is 1.73. The van der Waals surface area contributed by atoms with Crippen molar-refractivity contribution < 1.29 is 4.74 Å². The molecule has 0 spiro atoms. The van der Waals surface area contributed by atoms with Crippen LogP contribution in [0.1, 0.15) is 5.56 Å². The summed E-state index contributed by atoms with van der Waals surface area (Å²) in [5.41, 5.74) is 1.11. The maximum Gasteiger partial charge on any atom is 0.123 e. The van der Waals surface area contributed by atoms with Gasteiger partial charge in [0, 0.05) is 11.3 Å². The number of hydrogen-bond donors (Lipinski definition) is 1. The van der Waals surface area contributed by atoms with Gasteiger partial charge in [0.05, 0.1) is 0 Å². The van der Waals surface area contributed by atoms with Gasteiger partial charge >= 0.3 is 0 Å². The van der Waals surface area contributed by atoms with E-state index in [0.717, 1.165) is 11.3 Å². The van der Waals surface area contributed by atoms with Gasteiger partial charge in [0.1, 0.15) is 12.4 Å². The van der Waals surface area contributed by atoms with E-state index in [0.29, 0.717) is 12.4 Å². The molecule has 0 unspecified atom stereocenters. The number of para-hydroxylation sites is 1. The molecule has 2 heteroatoms. The monoisotopic (exact) mass is 180 g/mol. The van der Waals surface area contributed by atoms with Crippen LogP contribution in [0.2, 0.25) is 0 Å². The van der Waals surface area contributed by atoms with Gasteiger partial charge in [-0.05, 0) is 6.07 Å².